The van der Waals surface area contributed by atoms with Crippen molar-refractivity contribution in [2.45, 2.75) is 26.3 Å². The minimum atomic E-state index is 0.0155. The van der Waals surface area contributed by atoms with E-state index in [9.17, 15) is 0 Å². The van der Waals surface area contributed by atoms with Gasteiger partial charge in [-0.05, 0) is 31.5 Å². The van der Waals surface area contributed by atoms with Crippen molar-refractivity contribution in [1.82, 2.24) is 10.3 Å². The molecule has 0 saturated carbocycles. The number of anilines is 1. The number of benzene rings is 1. The van der Waals surface area contributed by atoms with Gasteiger partial charge in [0.05, 0.1) is 11.1 Å². The molecule has 106 valence electrons. The van der Waals surface area contributed by atoms with E-state index in [4.69, 9.17) is 17.3 Å². The summed E-state index contributed by atoms with van der Waals surface area (Å²) in [5.41, 5.74) is 9.35. The summed E-state index contributed by atoms with van der Waals surface area (Å²) in [7, 11) is 0. The molecule has 1 heterocycles. The summed E-state index contributed by atoms with van der Waals surface area (Å²) in [6.45, 7) is 5.12. The fourth-order valence-corrected chi connectivity index (χ4v) is 2.32. The highest BCUT2D eigenvalue weighted by atomic mass is 35.5. The summed E-state index contributed by atoms with van der Waals surface area (Å²) in [6, 6.07) is 10.3. The van der Waals surface area contributed by atoms with Gasteiger partial charge in [0, 0.05) is 11.8 Å². The molecule has 0 radical (unpaired) electrons. The molecule has 0 saturated heterocycles. The predicted octanol–water partition coefficient (Wildman–Crippen LogP) is 3.71. The summed E-state index contributed by atoms with van der Waals surface area (Å²) in [5, 5.41) is 4.11. The molecular formula is C16H20ClN3. The van der Waals surface area contributed by atoms with Crippen LogP contribution < -0.4 is 11.1 Å². The van der Waals surface area contributed by atoms with Crippen LogP contribution in [0.5, 0.6) is 0 Å². The smallest absolute Gasteiger partial charge is 0.128 e. The summed E-state index contributed by atoms with van der Waals surface area (Å²) >= 11 is 6.06. The number of nitrogen functional groups attached to an aromatic ring is 1. The van der Waals surface area contributed by atoms with Crippen molar-refractivity contribution in [2.75, 3.05) is 12.3 Å². The Morgan fingerprint density at radius 1 is 1.30 bits per heavy atom. The molecule has 0 bridgehead atoms. The Labute approximate surface area is 125 Å². The number of pyridine rings is 1. The van der Waals surface area contributed by atoms with E-state index in [1.807, 2.05) is 6.07 Å². The van der Waals surface area contributed by atoms with Crippen molar-refractivity contribution in [3.63, 3.8) is 0 Å². The van der Waals surface area contributed by atoms with Crippen LogP contribution in [0.1, 0.15) is 36.1 Å². The zero-order valence-electron chi connectivity index (χ0n) is 11.9. The highest BCUT2D eigenvalue weighted by molar-refractivity contribution is 6.30. The molecule has 20 heavy (non-hydrogen) atoms. The van der Waals surface area contributed by atoms with Gasteiger partial charge in [-0.1, -0.05) is 48.4 Å². The van der Waals surface area contributed by atoms with Crippen molar-refractivity contribution < 1.29 is 0 Å². The lowest BCUT2D eigenvalue weighted by Gasteiger charge is -2.21. The first-order valence-corrected chi connectivity index (χ1v) is 7.20. The Kier molecular flexibility index (Phi) is 4.99. The van der Waals surface area contributed by atoms with Gasteiger partial charge in [0.2, 0.25) is 0 Å². The lowest BCUT2D eigenvalue weighted by atomic mass is 9.98. The lowest BCUT2D eigenvalue weighted by molar-refractivity contribution is 0.598. The van der Waals surface area contributed by atoms with Gasteiger partial charge in [0.25, 0.3) is 0 Å². The van der Waals surface area contributed by atoms with Gasteiger partial charge in [-0.25, -0.2) is 4.98 Å². The third-order valence-corrected chi connectivity index (χ3v) is 3.44. The van der Waals surface area contributed by atoms with E-state index >= 15 is 0 Å². The number of hydrogen-bond acceptors (Lipinski definition) is 3. The number of aryl methyl sites for hydroxylation is 1. The van der Waals surface area contributed by atoms with E-state index in [2.05, 4.69) is 48.4 Å². The summed E-state index contributed by atoms with van der Waals surface area (Å²) in [5.74, 6) is 0.517. The molecule has 1 aromatic carbocycles. The van der Waals surface area contributed by atoms with Gasteiger partial charge in [0.1, 0.15) is 5.82 Å². The van der Waals surface area contributed by atoms with Crippen LogP contribution in [0.2, 0.25) is 5.02 Å². The van der Waals surface area contributed by atoms with Crippen LogP contribution in [0, 0.1) is 6.92 Å². The molecular weight excluding hydrogens is 270 g/mol. The standard InChI is InChI=1S/C16H20ClN3/c1-3-8-19-15(12-6-4-11(2)5-7-12)14-9-13(17)10-20-16(14)18/h4-7,9-10,15,19H,3,8H2,1-2H3,(H2,18,20). The van der Waals surface area contributed by atoms with E-state index in [0.29, 0.717) is 10.8 Å². The number of halogens is 1. The zero-order chi connectivity index (χ0) is 14.5. The van der Waals surface area contributed by atoms with E-state index < -0.39 is 0 Å². The number of hydrogen-bond donors (Lipinski definition) is 2. The third-order valence-electron chi connectivity index (χ3n) is 3.24. The van der Waals surface area contributed by atoms with Gasteiger partial charge < -0.3 is 11.1 Å². The average molecular weight is 290 g/mol. The Morgan fingerprint density at radius 2 is 2.00 bits per heavy atom. The van der Waals surface area contributed by atoms with Crippen LogP contribution in [-0.2, 0) is 0 Å². The van der Waals surface area contributed by atoms with Crippen LogP contribution in [0.3, 0.4) is 0 Å². The highest BCUT2D eigenvalue weighted by Crippen LogP contribution is 2.28. The molecule has 3 N–H and O–H groups in total. The van der Waals surface area contributed by atoms with Gasteiger partial charge in [0.15, 0.2) is 0 Å². The van der Waals surface area contributed by atoms with Crippen LogP contribution >= 0.6 is 11.6 Å². The van der Waals surface area contributed by atoms with E-state index in [0.717, 1.165) is 18.5 Å². The fourth-order valence-electron chi connectivity index (χ4n) is 2.15. The molecule has 0 amide bonds. The van der Waals surface area contributed by atoms with E-state index in [-0.39, 0.29) is 6.04 Å². The second kappa shape index (κ2) is 6.73. The molecule has 1 unspecified atom stereocenters. The van der Waals surface area contributed by atoms with Crippen molar-refractivity contribution in [1.29, 1.82) is 0 Å². The molecule has 0 aliphatic carbocycles. The predicted molar refractivity (Wildman–Crippen MR) is 85.0 cm³/mol. The monoisotopic (exact) mass is 289 g/mol. The zero-order valence-corrected chi connectivity index (χ0v) is 12.6. The van der Waals surface area contributed by atoms with Gasteiger partial charge in [-0.15, -0.1) is 0 Å². The summed E-state index contributed by atoms with van der Waals surface area (Å²) < 4.78 is 0. The Bertz CT molecular complexity index is 566. The number of aromatic nitrogens is 1. The first kappa shape index (κ1) is 14.8. The van der Waals surface area contributed by atoms with Crippen molar-refractivity contribution in [2.24, 2.45) is 0 Å². The summed E-state index contributed by atoms with van der Waals surface area (Å²) in [6.07, 6.45) is 2.63. The van der Waals surface area contributed by atoms with E-state index in [1.165, 1.54) is 11.1 Å². The normalized spacial score (nSPS) is 12.3. The molecule has 4 heteroatoms. The minimum absolute atomic E-state index is 0.0155. The van der Waals surface area contributed by atoms with Crippen LogP contribution in [0.25, 0.3) is 0 Å². The number of nitrogens with zero attached hydrogens (tertiary/aromatic N) is 1. The topological polar surface area (TPSA) is 50.9 Å². The molecule has 0 aliphatic heterocycles. The van der Waals surface area contributed by atoms with Crippen LogP contribution in [0.15, 0.2) is 36.5 Å². The minimum Gasteiger partial charge on any atom is -0.383 e. The maximum absolute atomic E-state index is 6.06. The lowest BCUT2D eigenvalue weighted by Crippen LogP contribution is -2.24. The molecule has 2 rings (SSSR count). The average Bonchev–Trinajstić information content (AvgIpc) is 2.44. The number of nitrogens with one attached hydrogen (secondary N) is 1. The van der Waals surface area contributed by atoms with E-state index in [1.54, 1.807) is 6.20 Å². The Balaban J connectivity index is 2.41. The molecule has 2 aromatic rings. The largest absolute Gasteiger partial charge is 0.383 e. The van der Waals surface area contributed by atoms with Crippen LogP contribution in [-0.4, -0.2) is 11.5 Å². The quantitative estimate of drug-likeness (QED) is 0.882. The molecule has 1 aromatic heterocycles. The first-order valence-electron chi connectivity index (χ1n) is 6.82. The van der Waals surface area contributed by atoms with Gasteiger partial charge in [-0.3, -0.25) is 0 Å². The molecule has 0 spiro atoms. The second-order valence-corrected chi connectivity index (χ2v) is 5.36. The van der Waals surface area contributed by atoms with Gasteiger partial charge in [-0.2, -0.15) is 0 Å². The van der Waals surface area contributed by atoms with Crippen molar-refractivity contribution in [3.8, 4) is 0 Å². The van der Waals surface area contributed by atoms with Crippen LogP contribution in [0.4, 0.5) is 5.82 Å². The molecule has 1 atom stereocenters. The van der Waals surface area contributed by atoms with Crippen molar-refractivity contribution in [3.05, 3.63) is 58.2 Å². The summed E-state index contributed by atoms with van der Waals surface area (Å²) in [4.78, 5) is 4.16. The Hall–Kier alpha value is -1.58. The molecule has 3 nitrogen and oxygen atoms in total. The number of rotatable bonds is 5. The Morgan fingerprint density at radius 3 is 2.65 bits per heavy atom. The first-order chi connectivity index (χ1) is 9.61. The number of nitrogens with two attached hydrogens (primary N) is 1. The third kappa shape index (κ3) is 3.50. The SMILES string of the molecule is CCCNC(c1ccc(C)cc1)c1cc(Cl)cnc1N. The molecule has 0 fully saturated rings. The second-order valence-electron chi connectivity index (χ2n) is 4.93. The fraction of sp³-hybridized carbons (Fsp3) is 0.312. The van der Waals surface area contributed by atoms with Gasteiger partial charge >= 0.3 is 0 Å². The maximum atomic E-state index is 6.06. The highest BCUT2D eigenvalue weighted by Gasteiger charge is 2.17. The maximum Gasteiger partial charge on any atom is 0.128 e. The van der Waals surface area contributed by atoms with Crippen molar-refractivity contribution >= 4 is 17.4 Å². The molecule has 0 aliphatic rings.